The van der Waals surface area contributed by atoms with Crippen LogP contribution in [0.5, 0.6) is 0 Å². The average molecular weight is 519 g/mol. The molecular weight excluding hydrogens is 489 g/mol. The fourth-order valence-corrected chi connectivity index (χ4v) is 5.49. The van der Waals surface area contributed by atoms with Gasteiger partial charge in [0.1, 0.15) is 0 Å². The number of hydrogen-bond donors (Lipinski definition) is 1. The predicted octanol–water partition coefficient (Wildman–Crippen LogP) is 0.739. The summed E-state index contributed by atoms with van der Waals surface area (Å²) in [6.07, 6.45) is 4.76. The van der Waals surface area contributed by atoms with Crippen molar-refractivity contribution in [1.82, 2.24) is 19.8 Å². The van der Waals surface area contributed by atoms with Crippen LogP contribution in [0.15, 0.2) is 23.5 Å². The van der Waals surface area contributed by atoms with E-state index in [0.29, 0.717) is 5.96 Å². The van der Waals surface area contributed by atoms with Crippen molar-refractivity contribution in [2.75, 3.05) is 75.4 Å². The number of halogens is 1. The molecule has 1 aromatic rings. The number of nitrogens with zero attached hydrogens (tertiary/aromatic N) is 6. The fraction of sp³-hybridized carbons (Fsp3) is 0.722. The number of nitrogens with two attached hydrogens (primary N) is 1. The molecule has 0 bridgehead atoms. The Balaban J connectivity index is 0.00000225. The van der Waals surface area contributed by atoms with Gasteiger partial charge in [0.15, 0.2) is 5.96 Å². The van der Waals surface area contributed by atoms with E-state index in [1.54, 1.807) is 12.4 Å². The molecule has 3 saturated heterocycles. The summed E-state index contributed by atoms with van der Waals surface area (Å²) >= 11 is 2.03. The van der Waals surface area contributed by atoms with Crippen LogP contribution in [0.25, 0.3) is 0 Å². The van der Waals surface area contributed by atoms with Crippen molar-refractivity contribution in [3.63, 3.8) is 0 Å². The van der Waals surface area contributed by atoms with Crippen LogP contribution in [0.1, 0.15) is 6.42 Å². The van der Waals surface area contributed by atoms with Crippen LogP contribution in [0.2, 0.25) is 0 Å². The number of ether oxygens (including phenoxy) is 1. The summed E-state index contributed by atoms with van der Waals surface area (Å²) in [5.74, 6) is 3.82. The van der Waals surface area contributed by atoms with Crippen molar-refractivity contribution >= 4 is 47.6 Å². The maximum Gasteiger partial charge on any atom is 0.225 e. The van der Waals surface area contributed by atoms with E-state index in [0.717, 1.165) is 70.7 Å². The van der Waals surface area contributed by atoms with Gasteiger partial charge in [-0.15, -0.1) is 24.0 Å². The summed E-state index contributed by atoms with van der Waals surface area (Å²) in [7, 11) is 0. The van der Waals surface area contributed by atoms with E-state index in [4.69, 9.17) is 15.5 Å². The molecule has 0 saturated carbocycles. The smallest absolute Gasteiger partial charge is 0.225 e. The van der Waals surface area contributed by atoms with Crippen molar-refractivity contribution < 1.29 is 4.74 Å². The van der Waals surface area contributed by atoms with Crippen LogP contribution in [0.4, 0.5) is 5.95 Å². The number of thioether (sulfide) groups is 1. The maximum absolute atomic E-state index is 6.38. The SMILES string of the molecule is I.NC(=NCC1(N2CCOCC2)CCSC1)N1CCN(c2ncccn2)CC1. The van der Waals surface area contributed by atoms with Crippen LogP contribution < -0.4 is 10.6 Å². The Bertz CT molecular complexity index is 630. The molecule has 1 atom stereocenters. The van der Waals surface area contributed by atoms with Crippen LogP contribution in [-0.2, 0) is 4.74 Å². The largest absolute Gasteiger partial charge is 0.379 e. The lowest BCUT2D eigenvalue weighted by molar-refractivity contribution is -0.0105. The minimum absolute atomic E-state index is 0. The highest BCUT2D eigenvalue weighted by Gasteiger charge is 2.40. The highest BCUT2D eigenvalue weighted by molar-refractivity contribution is 14.0. The molecule has 4 rings (SSSR count). The predicted molar refractivity (Wildman–Crippen MR) is 125 cm³/mol. The summed E-state index contributed by atoms with van der Waals surface area (Å²) < 4.78 is 5.54. The lowest BCUT2D eigenvalue weighted by Crippen LogP contribution is -2.56. The summed E-state index contributed by atoms with van der Waals surface area (Å²) in [6.45, 7) is 7.89. The minimum atomic E-state index is 0. The van der Waals surface area contributed by atoms with Crippen LogP contribution in [-0.4, -0.2) is 102 Å². The first-order valence-corrected chi connectivity index (χ1v) is 10.9. The normalized spacial score (nSPS) is 26.9. The van der Waals surface area contributed by atoms with Gasteiger partial charge in [-0.25, -0.2) is 9.97 Å². The zero-order chi connectivity index (χ0) is 18.5. The third-order valence-corrected chi connectivity index (χ3v) is 6.97. The standard InChI is InChI=1S/C18H29N7OS.HI/c19-16(23-5-7-24(8-6-23)17-20-3-1-4-21-17)22-14-18(2-13-27-15-18)25-9-11-26-12-10-25;/h1,3-4H,2,5-15H2,(H2,19,22);1H. The van der Waals surface area contributed by atoms with E-state index in [-0.39, 0.29) is 29.5 Å². The molecule has 3 fully saturated rings. The van der Waals surface area contributed by atoms with Gasteiger partial charge in [0, 0.05) is 57.4 Å². The van der Waals surface area contributed by atoms with E-state index in [1.165, 1.54) is 12.2 Å². The Hall–Kier alpha value is -0.850. The molecule has 0 aliphatic carbocycles. The molecule has 3 aliphatic rings. The van der Waals surface area contributed by atoms with Crippen LogP contribution in [0.3, 0.4) is 0 Å². The number of guanidine groups is 1. The van der Waals surface area contributed by atoms with Gasteiger partial charge in [-0.3, -0.25) is 9.89 Å². The van der Waals surface area contributed by atoms with E-state index in [1.807, 2.05) is 17.8 Å². The number of piperazine rings is 1. The Morgan fingerprint density at radius 2 is 1.86 bits per heavy atom. The molecule has 10 heteroatoms. The van der Waals surface area contributed by atoms with Crippen molar-refractivity contribution in [2.24, 2.45) is 10.7 Å². The molecule has 1 aromatic heterocycles. The fourth-order valence-electron chi connectivity index (χ4n) is 4.03. The van der Waals surface area contributed by atoms with Crippen LogP contribution in [0, 0.1) is 0 Å². The monoisotopic (exact) mass is 519 g/mol. The first-order chi connectivity index (χ1) is 13.3. The van der Waals surface area contributed by atoms with Gasteiger partial charge < -0.3 is 20.3 Å². The number of hydrogen-bond acceptors (Lipinski definition) is 7. The Morgan fingerprint density at radius 3 is 2.50 bits per heavy atom. The number of morpholine rings is 1. The molecule has 156 valence electrons. The quantitative estimate of drug-likeness (QED) is 0.355. The zero-order valence-electron chi connectivity index (χ0n) is 16.2. The zero-order valence-corrected chi connectivity index (χ0v) is 19.3. The Labute approximate surface area is 188 Å². The molecule has 1 unspecified atom stereocenters. The second-order valence-corrected chi connectivity index (χ2v) is 8.43. The van der Waals surface area contributed by atoms with Gasteiger partial charge in [-0.2, -0.15) is 11.8 Å². The summed E-state index contributed by atoms with van der Waals surface area (Å²) in [4.78, 5) is 20.5. The average Bonchev–Trinajstić information content (AvgIpc) is 3.24. The summed E-state index contributed by atoms with van der Waals surface area (Å²) in [6, 6.07) is 1.84. The Kier molecular flexibility index (Phi) is 8.01. The molecule has 28 heavy (non-hydrogen) atoms. The van der Waals surface area contributed by atoms with Gasteiger partial charge in [0.05, 0.1) is 25.3 Å². The molecule has 0 amide bonds. The van der Waals surface area contributed by atoms with Gasteiger partial charge in [0.25, 0.3) is 0 Å². The van der Waals surface area contributed by atoms with Crippen molar-refractivity contribution in [3.05, 3.63) is 18.5 Å². The van der Waals surface area contributed by atoms with Gasteiger partial charge in [-0.05, 0) is 18.2 Å². The highest BCUT2D eigenvalue weighted by Crippen LogP contribution is 2.34. The number of anilines is 1. The molecule has 4 heterocycles. The number of aliphatic imine (C=N–C) groups is 1. The van der Waals surface area contributed by atoms with Crippen molar-refractivity contribution in [2.45, 2.75) is 12.0 Å². The Morgan fingerprint density at radius 1 is 1.14 bits per heavy atom. The van der Waals surface area contributed by atoms with E-state index < -0.39 is 0 Å². The molecular formula is C18H30IN7OS. The lowest BCUT2D eigenvalue weighted by Gasteiger charge is -2.42. The van der Waals surface area contributed by atoms with E-state index in [9.17, 15) is 0 Å². The summed E-state index contributed by atoms with van der Waals surface area (Å²) in [5.41, 5.74) is 6.53. The molecule has 0 spiro atoms. The molecule has 8 nitrogen and oxygen atoms in total. The maximum atomic E-state index is 6.38. The molecule has 0 aromatic carbocycles. The van der Waals surface area contributed by atoms with Gasteiger partial charge >= 0.3 is 0 Å². The van der Waals surface area contributed by atoms with E-state index >= 15 is 0 Å². The molecule has 2 N–H and O–H groups in total. The number of rotatable bonds is 4. The van der Waals surface area contributed by atoms with Crippen molar-refractivity contribution in [1.29, 1.82) is 0 Å². The van der Waals surface area contributed by atoms with Crippen LogP contribution >= 0.6 is 35.7 Å². The topological polar surface area (TPSA) is 83.1 Å². The molecule has 0 radical (unpaired) electrons. The third-order valence-electron chi connectivity index (χ3n) is 5.74. The van der Waals surface area contributed by atoms with Crippen molar-refractivity contribution in [3.8, 4) is 0 Å². The lowest BCUT2D eigenvalue weighted by atomic mass is 9.96. The van der Waals surface area contributed by atoms with Gasteiger partial charge in [-0.1, -0.05) is 0 Å². The van der Waals surface area contributed by atoms with Gasteiger partial charge in [0.2, 0.25) is 5.95 Å². The third kappa shape index (κ3) is 5.00. The second kappa shape index (κ2) is 10.3. The highest BCUT2D eigenvalue weighted by atomic mass is 127. The number of aromatic nitrogens is 2. The minimum Gasteiger partial charge on any atom is -0.379 e. The van der Waals surface area contributed by atoms with E-state index in [2.05, 4.69) is 24.7 Å². The second-order valence-electron chi connectivity index (χ2n) is 7.32. The first-order valence-electron chi connectivity index (χ1n) is 9.74. The summed E-state index contributed by atoms with van der Waals surface area (Å²) in [5, 5.41) is 0. The molecule has 3 aliphatic heterocycles. The first kappa shape index (κ1) is 21.8.